The molecule has 0 bridgehead atoms. The van der Waals surface area contributed by atoms with E-state index in [4.69, 9.17) is 5.11 Å². The van der Waals surface area contributed by atoms with Crippen molar-refractivity contribution in [2.45, 2.75) is 20.3 Å². The zero-order valence-corrected chi connectivity index (χ0v) is 11.6. The molecule has 2 N–H and O–H groups in total. The van der Waals surface area contributed by atoms with Crippen LogP contribution in [0.2, 0.25) is 0 Å². The number of hydrogen-bond acceptors (Lipinski definition) is 3. The molecule has 19 heavy (non-hydrogen) atoms. The number of aryl methyl sites for hydroxylation is 2. The van der Waals surface area contributed by atoms with Gasteiger partial charge in [-0.05, 0) is 44.4 Å². The van der Waals surface area contributed by atoms with Crippen LogP contribution in [0.5, 0.6) is 0 Å². The largest absolute Gasteiger partial charge is 0.396 e. The number of hydrogen-bond donors (Lipinski definition) is 2. The Morgan fingerprint density at radius 1 is 1.47 bits per heavy atom. The Morgan fingerprint density at radius 3 is 2.89 bits per heavy atom. The van der Waals surface area contributed by atoms with Crippen molar-refractivity contribution >= 4 is 11.6 Å². The third-order valence-electron chi connectivity index (χ3n) is 3.65. The third kappa shape index (κ3) is 3.78. The molecule has 0 aromatic heterocycles. The molecule has 1 aromatic carbocycles. The lowest BCUT2D eigenvalue weighted by Crippen LogP contribution is -2.32. The number of aliphatic hydroxyl groups is 1. The highest BCUT2D eigenvalue weighted by molar-refractivity contribution is 5.93. The molecular formula is C15H22N2O2. The average molecular weight is 262 g/mol. The number of carbonyl (C=O) groups is 1. The van der Waals surface area contributed by atoms with E-state index in [0.29, 0.717) is 12.5 Å². The molecule has 0 aliphatic carbocycles. The monoisotopic (exact) mass is 262 g/mol. The maximum absolute atomic E-state index is 12.0. The molecule has 1 atom stereocenters. The first kappa shape index (κ1) is 14.0. The first-order valence-corrected chi connectivity index (χ1v) is 6.79. The number of aliphatic hydroxyl groups excluding tert-OH is 1. The fourth-order valence-corrected chi connectivity index (χ4v) is 2.55. The van der Waals surface area contributed by atoms with Crippen molar-refractivity contribution in [1.82, 2.24) is 4.90 Å². The van der Waals surface area contributed by atoms with Gasteiger partial charge >= 0.3 is 0 Å². The third-order valence-corrected chi connectivity index (χ3v) is 3.65. The van der Waals surface area contributed by atoms with Crippen molar-refractivity contribution in [3.8, 4) is 0 Å². The predicted molar refractivity (Wildman–Crippen MR) is 76.2 cm³/mol. The molecule has 1 heterocycles. The van der Waals surface area contributed by atoms with E-state index in [0.717, 1.165) is 30.8 Å². The summed E-state index contributed by atoms with van der Waals surface area (Å²) in [5.74, 6) is 0.347. The molecule has 1 fully saturated rings. The minimum Gasteiger partial charge on any atom is -0.396 e. The minimum atomic E-state index is 0.0190. The van der Waals surface area contributed by atoms with Crippen molar-refractivity contribution in [3.05, 3.63) is 29.3 Å². The Labute approximate surface area is 114 Å². The summed E-state index contributed by atoms with van der Waals surface area (Å²) in [7, 11) is 0. The van der Waals surface area contributed by atoms with Gasteiger partial charge in [0.25, 0.3) is 0 Å². The first-order chi connectivity index (χ1) is 9.08. The van der Waals surface area contributed by atoms with E-state index in [1.54, 1.807) is 0 Å². The van der Waals surface area contributed by atoms with Gasteiger partial charge in [-0.3, -0.25) is 9.69 Å². The second-order valence-corrected chi connectivity index (χ2v) is 5.44. The maximum Gasteiger partial charge on any atom is 0.238 e. The highest BCUT2D eigenvalue weighted by Gasteiger charge is 2.23. The van der Waals surface area contributed by atoms with E-state index in [2.05, 4.69) is 16.3 Å². The highest BCUT2D eigenvalue weighted by atomic mass is 16.3. The molecule has 4 nitrogen and oxygen atoms in total. The zero-order valence-electron chi connectivity index (χ0n) is 11.6. The molecule has 0 spiro atoms. The molecule has 2 rings (SSSR count). The molecule has 1 aromatic rings. The van der Waals surface area contributed by atoms with Gasteiger partial charge in [-0.25, -0.2) is 0 Å². The Bertz CT molecular complexity index is 459. The summed E-state index contributed by atoms with van der Waals surface area (Å²) in [6, 6.07) is 6.01. The number of anilines is 1. The van der Waals surface area contributed by atoms with Crippen LogP contribution < -0.4 is 5.32 Å². The Kier molecular flexibility index (Phi) is 4.56. The van der Waals surface area contributed by atoms with Crippen molar-refractivity contribution < 1.29 is 9.90 Å². The molecule has 4 heteroatoms. The summed E-state index contributed by atoms with van der Waals surface area (Å²) in [5.41, 5.74) is 3.16. The van der Waals surface area contributed by atoms with Crippen molar-refractivity contribution in [2.24, 2.45) is 5.92 Å². The van der Waals surface area contributed by atoms with Gasteiger partial charge in [0.05, 0.1) is 6.54 Å². The van der Waals surface area contributed by atoms with Gasteiger partial charge in [0.1, 0.15) is 0 Å². The van der Waals surface area contributed by atoms with Crippen LogP contribution in [0.3, 0.4) is 0 Å². The summed E-state index contributed by atoms with van der Waals surface area (Å²) >= 11 is 0. The lowest BCUT2D eigenvalue weighted by atomic mass is 10.1. The van der Waals surface area contributed by atoms with E-state index in [-0.39, 0.29) is 12.5 Å². The van der Waals surface area contributed by atoms with Crippen LogP contribution in [0.4, 0.5) is 5.69 Å². The van der Waals surface area contributed by atoms with Gasteiger partial charge in [0.15, 0.2) is 0 Å². The predicted octanol–water partition coefficient (Wildman–Crippen LogP) is 1.56. The normalized spacial score (nSPS) is 19.6. The fourth-order valence-electron chi connectivity index (χ4n) is 2.55. The lowest BCUT2D eigenvalue weighted by Gasteiger charge is -2.16. The van der Waals surface area contributed by atoms with Crippen LogP contribution >= 0.6 is 0 Å². The summed E-state index contributed by atoms with van der Waals surface area (Å²) in [6.07, 6.45) is 0.980. The van der Waals surface area contributed by atoms with E-state index in [1.807, 2.05) is 26.0 Å². The van der Waals surface area contributed by atoms with Gasteiger partial charge < -0.3 is 10.4 Å². The summed E-state index contributed by atoms with van der Waals surface area (Å²) in [5, 5.41) is 12.0. The summed E-state index contributed by atoms with van der Waals surface area (Å²) < 4.78 is 0. The first-order valence-electron chi connectivity index (χ1n) is 6.79. The van der Waals surface area contributed by atoms with Crippen LogP contribution in [0.1, 0.15) is 17.5 Å². The van der Waals surface area contributed by atoms with Crippen LogP contribution in [0.25, 0.3) is 0 Å². The standard InChI is InChI=1S/C15H22N2O2/c1-11-3-4-14(12(2)7-11)16-15(19)9-17-6-5-13(8-17)10-18/h3-4,7,13,18H,5-6,8-10H2,1-2H3,(H,16,19). The molecule has 0 saturated carbocycles. The molecule has 1 aliphatic rings. The van der Waals surface area contributed by atoms with Crippen molar-refractivity contribution in [3.63, 3.8) is 0 Å². The smallest absolute Gasteiger partial charge is 0.238 e. The van der Waals surface area contributed by atoms with Crippen molar-refractivity contribution in [1.29, 1.82) is 0 Å². The van der Waals surface area contributed by atoms with Crippen LogP contribution in [-0.2, 0) is 4.79 Å². The van der Waals surface area contributed by atoms with E-state index >= 15 is 0 Å². The number of likely N-dealkylation sites (tertiary alicyclic amines) is 1. The van der Waals surface area contributed by atoms with Gasteiger partial charge in [-0.2, -0.15) is 0 Å². The van der Waals surface area contributed by atoms with E-state index < -0.39 is 0 Å². The lowest BCUT2D eigenvalue weighted by molar-refractivity contribution is -0.117. The fraction of sp³-hybridized carbons (Fsp3) is 0.533. The molecule has 0 radical (unpaired) electrons. The number of benzene rings is 1. The van der Waals surface area contributed by atoms with E-state index in [1.165, 1.54) is 5.56 Å². The SMILES string of the molecule is Cc1ccc(NC(=O)CN2CCC(CO)C2)c(C)c1. The number of carbonyl (C=O) groups excluding carboxylic acids is 1. The second-order valence-electron chi connectivity index (χ2n) is 5.44. The van der Waals surface area contributed by atoms with Gasteiger partial charge in [0.2, 0.25) is 5.91 Å². The van der Waals surface area contributed by atoms with Gasteiger partial charge in [0, 0.05) is 18.8 Å². The second kappa shape index (κ2) is 6.17. The summed E-state index contributed by atoms with van der Waals surface area (Å²) in [6.45, 7) is 6.37. The van der Waals surface area contributed by atoms with Crippen molar-refractivity contribution in [2.75, 3.05) is 31.6 Å². The maximum atomic E-state index is 12.0. The van der Waals surface area contributed by atoms with Crippen LogP contribution in [0, 0.1) is 19.8 Å². The number of nitrogens with zero attached hydrogens (tertiary/aromatic N) is 1. The average Bonchev–Trinajstić information content (AvgIpc) is 2.80. The Hall–Kier alpha value is -1.39. The summed E-state index contributed by atoms with van der Waals surface area (Å²) in [4.78, 5) is 14.1. The van der Waals surface area contributed by atoms with Crippen LogP contribution in [0.15, 0.2) is 18.2 Å². The zero-order chi connectivity index (χ0) is 13.8. The number of rotatable bonds is 4. The van der Waals surface area contributed by atoms with Gasteiger partial charge in [-0.15, -0.1) is 0 Å². The topological polar surface area (TPSA) is 52.6 Å². The molecule has 1 amide bonds. The van der Waals surface area contributed by atoms with Gasteiger partial charge in [-0.1, -0.05) is 17.7 Å². The van der Waals surface area contributed by atoms with Crippen LogP contribution in [-0.4, -0.2) is 42.2 Å². The minimum absolute atomic E-state index is 0.0190. The molecule has 1 aliphatic heterocycles. The Morgan fingerprint density at radius 2 is 2.26 bits per heavy atom. The number of amides is 1. The molecule has 104 valence electrons. The Balaban J connectivity index is 1.87. The highest BCUT2D eigenvalue weighted by Crippen LogP contribution is 2.17. The quantitative estimate of drug-likeness (QED) is 0.865. The molecule has 1 unspecified atom stereocenters. The number of nitrogens with one attached hydrogen (secondary N) is 1. The molecule has 1 saturated heterocycles. The molecular weight excluding hydrogens is 240 g/mol. The van der Waals surface area contributed by atoms with E-state index in [9.17, 15) is 4.79 Å².